The molecule has 2 heterocycles. The first-order chi connectivity index (χ1) is 14.5. The van der Waals surface area contributed by atoms with Crippen molar-refractivity contribution in [1.29, 1.82) is 0 Å². The van der Waals surface area contributed by atoms with E-state index in [0.29, 0.717) is 27.8 Å². The average molecular weight is 399 g/mol. The molecule has 150 valence electrons. The standard InChI is InChI=1S/C24H20N2O4/c27-22-17-9-1-2-10-18(17)23(28)26(22)15-7-5-6-14(12-15)21-13-19(24(29)30)16-8-3-4-11-20(16)25-21/h3-8,11-13,17-18H,1-2,9-10H2,(H,29,30)/p-1/t17-,18-/m1/s1. The molecule has 0 N–H and O–H groups in total. The van der Waals surface area contributed by atoms with Gasteiger partial charge in [0.1, 0.15) is 0 Å². The van der Waals surface area contributed by atoms with E-state index in [2.05, 4.69) is 4.98 Å². The number of para-hydroxylation sites is 1. The molecule has 1 saturated heterocycles. The second kappa shape index (κ2) is 7.06. The second-order valence-corrected chi connectivity index (χ2v) is 7.92. The Bertz CT molecular complexity index is 1180. The van der Waals surface area contributed by atoms with Crippen LogP contribution in [0.5, 0.6) is 0 Å². The summed E-state index contributed by atoms with van der Waals surface area (Å²) in [4.78, 5) is 43.4. The van der Waals surface area contributed by atoms with Gasteiger partial charge in [0.25, 0.3) is 0 Å². The molecule has 2 atom stereocenters. The van der Waals surface area contributed by atoms with E-state index in [-0.39, 0.29) is 29.2 Å². The van der Waals surface area contributed by atoms with Crippen molar-refractivity contribution < 1.29 is 19.5 Å². The van der Waals surface area contributed by atoms with Crippen molar-refractivity contribution in [2.75, 3.05) is 4.90 Å². The number of fused-ring (bicyclic) bond motifs is 2. The number of carbonyl (C=O) groups is 3. The van der Waals surface area contributed by atoms with Crippen molar-refractivity contribution in [2.45, 2.75) is 25.7 Å². The lowest BCUT2D eigenvalue weighted by atomic mass is 9.81. The zero-order valence-electron chi connectivity index (χ0n) is 16.2. The van der Waals surface area contributed by atoms with Crippen LogP contribution in [0, 0.1) is 11.8 Å². The van der Waals surface area contributed by atoms with Crippen LogP contribution in [0.25, 0.3) is 22.2 Å². The fraction of sp³-hybridized carbons (Fsp3) is 0.250. The largest absolute Gasteiger partial charge is 0.545 e. The quantitative estimate of drug-likeness (QED) is 0.632. The van der Waals surface area contributed by atoms with Crippen LogP contribution in [0.15, 0.2) is 54.6 Å². The van der Waals surface area contributed by atoms with E-state index in [1.54, 1.807) is 48.5 Å². The van der Waals surface area contributed by atoms with Crippen molar-refractivity contribution in [3.8, 4) is 11.3 Å². The fourth-order valence-electron chi connectivity index (χ4n) is 4.71. The van der Waals surface area contributed by atoms with E-state index >= 15 is 0 Å². The maximum absolute atomic E-state index is 12.9. The summed E-state index contributed by atoms with van der Waals surface area (Å²) < 4.78 is 0. The van der Waals surface area contributed by atoms with Crippen LogP contribution in [0.3, 0.4) is 0 Å². The minimum absolute atomic E-state index is 0.0559. The lowest BCUT2D eigenvalue weighted by Crippen LogP contribution is -2.30. The maximum atomic E-state index is 12.9. The van der Waals surface area contributed by atoms with Crippen LogP contribution in [0.4, 0.5) is 5.69 Å². The van der Waals surface area contributed by atoms with Gasteiger partial charge in [0.15, 0.2) is 0 Å². The van der Waals surface area contributed by atoms with Gasteiger partial charge in [0.2, 0.25) is 11.8 Å². The Morgan fingerprint density at radius 3 is 2.33 bits per heavy atom. The Kier molecular flexibility index (Phi) is 4.35. The van der Waals surface area contributed by atoms with E-state index in [9.17, 15) is 19.5 Å². The summed E-state index contributed by atoms with van der Waals surface area (Å²) in [5.74, 6) is -2.00. The van der Waals surface area contributed by atoms with Crippen LogP contribution in [-0.2, 0) is 9.59 Å². The number of rotatable bonds is 3. The first-order valence-corrected chi connectivity index (χ1v) is 10.1. The zero-order valence-corrected chi connectivity index (χ0v) is 16.2. The van der Waals surface area contributed by atoms with Gasteiger partial charge in [0, 0.05) is 16.5 Å². The molecule has 1 saturated carbocycles. The van der Waals surface area contributed by atoms with Gasteiger partial charge < -0.3 is 9.90 Å². The Balaban J connectivity index is 1.58. The number of carboxylic acid groups (broad SMARTS) is 1. The number of carboxylic acids is 1. The van der Waals surface area contributed by atoms with Gasteiger partial charge in [0.05, 0.1) is 34.7 Å². The normalized spacial score (nSPS) is 21.1. The second-order valence-electron chi connectivity index (χ2n) is 7.92. The maximum Gasteiger partial charge on any atom is 0.237 e. The summed E-state index contributed by atoms with van der Waals surface area (Å²) >= 11 is 0. The average Bonchev–Trinajstić information content (AvgIpc) is 3.03. The molecule has 0 radical (unpaired) electrons. The Morgan fingerprint density at radius 1 is 0.933 bits per heavy atom. The number of aromatic carboxylic acids is 1. The van der Waals surface area contributed by atoms with E-state index in [4.69, 9.17) is 0 Å². The van der Waals surface area contributed by atoms with Crippen LogP contribution < -0.4 is 10.0 Å². The number of hydrogen-bond donors (Lipinski definition) is 0. The van der Waals surface area contributed by atoms with Gasteiger partial charge in [-0.2, -0.15) is 0 Å². The van der Waals surface area contributed by atoms with Gasteiger partial charge >= 0.3 is 0 Å². The molecular weight excluding hydrogens is 380 g/mol. The van der Waals surface area contributed by atoms with Crippen LogP contribution in [-0.4, -0.2) is 22.8 Å². The monoisotopic (exact) mass is 399 g/mol. The third kappa shape index (κ3) is 2.87. The summed E-state index contributed by atoms with van der Waals surface area (Å²) in [6.45, 7) is 0. The molecule has 0 bridgehead atoms. The Morgan fingerprint density at radius 2 is 1.63 bits per heavy atom. The minimum atomic E-state index is -1.28. The minimum Gasteiger partial charge on any atom is -0.545 e. The molecule has 2 amide bonds. The first-order valence-electron chi connectivity index (χ1n) is 10.1. The summed E-state index contributed by atoms with van der Waals surface area (Å²) in [7, 11) is 0. The van der Waals surface area contributed by atoms with E-state index in [1.165, 1.54) is 11.0 Å². The van der Waals surface area contributed by atoms with Gasteiger partial charge in [-0.1, -0.05) is 43.2 Å². The number of nitrogens with zero attached hydrogens (tertiary/aromatic N) is 2. The number of amides is 2. The molecule has 2 aliphatic rings. The van der Waals surface area contributed by atoms with Crippen molar-refractivity contribution >= 4 is 34.4 Å². The van der Waals surface area contributed by atoms with Gasteiger partial charge in [-0.15, -0.1) is 0 Å². The lowest BCUT2D eigenvalue weighted by Gasteiger charge is -2.19. The summed E-state index contributed by atoms with van der Waals surface area (Å²) in [6, 6.07) is 15.5. The van der Waals surface area contributed by atoms with E-state index in [1.807, 2.05) is 0 Å². The van der Waals surface area contributed by atoms with Crippen molar-refractivity contribution in [3.05, 3.63) is 60.2 Å². The number of pyridine rings is 1. The zero-order chi connectivity index (χ0) is 20.8. The van der Waals surface area contributed by atoms with E-state index < -0.39 is 5.97 Å². The summed E-state index contributed by atoms with van der Waals surface area (Å²) in [5.41, 5.74) is 2.18. The third-order valence-corrected chi connectivity index (χ3v) is 6.18. The smallest absolute Gasteiger partial charge is 0.237 e. The highest BCUT2D eigenvalue weighted by molar-refractivity contribution is 6.22. The number of carbonyl (C=O) groups excluding carboxylic acids is 3. The molecule has 3 aromatic rings. The molecule has 2 aromatic carbocycles. The first kappa shape index (κ1) is 18.5. The highest BCUT2D eigenvalue weighted by Crippen LogP contribution is 2.40. The molecule has 0 unspecified atom stereocenters. The number of benzene rings is 2. The molecular formula is C24H19N2O4-. The highest BCUT2D eigenvalue weighted by atomic mass is 16.4. The molecule has 30 heavy (non-hydrogen) atoms. The molecule has 6 nitrogen and oxygen atoms in total. The molecule has 2 fully saturated rings. The fourth-order valence-corrected chi connectivity index (χ4v) is 4.71. The Labute approximate surface area is 173 Å². The summed E-state index contributed by atoms with van der Waals surface area (Å²) in [5, 5.41) is 12.2. The topological polar surface area (TPSA) is 90.4 Å². The number of aromatic nitrogens is 1. The Hall–Kier alpha value is -3.54. The molecule has 1 aliphatic carbocycles. The van der Waals surface area contributed by atoms with Gasteiger partial charge in [-0.05, 0) is 37.1 Å². The predicted octanol–water partition coefficient (Wildman–Crippen LogP) is 2.94. The van der Waals surface area contributed by atoms with Crippen LogP contribution in [0.2, 0.25) is 0 Å². The van der Waals surface area contributed by atoms with Crippen LogP contribution in [0.1, 0.15) is 36.0 Å². The van der Waals surface area contributed by atoms with Crippen molar-refractivity contribution in [3.63, 3.8) is 0 Å². The van der Waals surface area contributed by atoms with Gasteiger partial charge in [-0.25, -0.2) is 4.98 Å². The molecule has 6 heteroatoms. The third-order valence-electron chi connectivity index (χ3n) is 6.18. The van der Waals surface area contributed by atoms with Gasteiger partial charge in [-0.3, -0.25) is 14.5 Å². The number of imide groups is 1. The summed E-state index contributed by atoms with van der Waals surface area (Å²) in [6.07, 6.45) is 3.46. The van der Waals surface area contributed by atoms with Crippen molar-refractivity contribution in [2.24, 2.45) is 11.8 Å². The number of hydrogen-bond acceptors (Lipinski definition) is 5. The molecule has 1 aromatic heterocycles. The van der Waals surface area contributed by atoms with E-state index in [0.717, 1.165) is 25.7 Å². The lowest BCUT2D eigenvalue weighted by molar-refractivity contribution is -0.254. The number of anilines is 1. The highest BCUT2D eigenvalue weighted by Gasteiger charge is 2.48. The predicted molar refractivity (Wildman–Crippen MR) is 109 cm³/mol. The molecule has 5 rings (SSSR count). The van der Waals surface area contributed by atoms with Crippen LogP contribution >= 0.6 is 0 Å². The SMILES string of the molecule is O=C([O-])c1cc(-c2cccc(N3C(=O)[C@@H]4CCCC[C@H]4C3=O)c2)nc2ccccc12. The van der Waals surface area contributed by atoms with Crippen molar-refractivity contribution in [1.82, 2.24) is 4.98 Å². The molecule has 1 aliphatic heterocycles. The molecule has 0 spiro atoms.